The van der Waals surface area contributed by atoms with Gasteiger partial charge in [-0.2, -0.15) is 0 Å². The van der Waals surface area contributed by atoms with E-state index in [-0.39, 0.29) is 0 Å². The molecule has 0 aromatic rings. The second-order valence-corrected chi connectivity index (χ2v) is 4.02. The van der Waals surface area contributed by atoms with E-state index >= 15 is 0 Å². The van der Waals surface area contributed by atoms with Gasteiger partial charge in [0.2, 0.25) is 0 Å². The fourth-order valence-electron chi connectivity index (χ4n) is 0.605. The van der Waals surface area contributed by atoms with Crippen molar-refractivity contribution in [2.24, 2.45) is 0 Å². The SMILES string of the molecule is C=CN1CCP1(=O)O. The second kappa shape index (κ2) is 1.61. The summed E-state index contributed by atoms with van der Waals surface area (Å²) in [5.74, 6) is 0. The third-order valence-corrected chi connectivity index (χ3v) is 3.18. The van der Waals surface area contributed by atoms with Crippen LogP contribution < -0.4 is 0 Å². The van der Waals surface area contributed by atoms with Crippen molar-refractivity contribution in [1.29, 1.82) is 0 Å². The van der Waals surface area contributed by atoms with Gasteiger partial charge in [-0.05, 0) is 0 Å². The largest absolute Gasteiger partial charge is 0.329 e. The van der Waals surface area contributed by atoms with E-state index in [1.807, 2.05) is 0 Å². The van der Waals surface area contributed by atoms with Crippen LogP contribution in [0.15, 0.2) is 12.8 Å². The Balaban J connectivity index is 2.63. The highest BCUT2D eigenvalue weighted by Gasteiger charge is 2.34. The Bertz CT molecular complexity index is 156. The van der Waals surface area contributed by atoms with E-state index in [1.54, 1.807) is 0 Å². The second-order valence-electron chi connectivity index (χ2n) is 1.73. The fourth-order valence-corrected chi connectivity index (χ4v) is 1.63. The van der Waals surface area contributed by atoms with Gasteiger partial charge in [0.15, 0.2) is 0 Å². The molecule has 1 aliphatic heterocycles. The Kier molecular flexibility index (Phi) is 1.18. The Labute approximate surface area is 48.1 Å². The van der Waals surface area contributed by atoms with Crippen molar-refractivity contribution in [2.75, 3.05) is 12.7 Å². The molecule has 1 fully saturated rings. The van der Waals surface area contributed by atoms with Gasteiger partial charge in [0.25, 0.3) is 7.52 Å². The maximum Gasteiger partial charge on any atom is 0.295 e. The zero-order valence-electron chi connectivity index (χ0n) is 4.45. The normalized spacial score (nSPS) is 36.4. The van der Waals surface area contributed by atoms with Crippen molar-refractivity contribution in [2.45, 2.75) is 0 Å². The minimum atomic E-state index is -2.86. The molecule has 8 heavy (non-hydrogen) atoms. The van der Waals surface area contributed by atoms with Crippen LogP contribution >= 0.6 is 7.52 Å². The summed E-state index contributed by atoms with van der Waals surface area (Å²) in [4.78, 5) is 8.78. The third-order valence-electron chi connectivity index (χ3n) is 1.23. The third kappa shape index (κ3) is 0.680. The summed E-state index contributed by atoms with van der Waals surface area (Å²) in [6.45, 7) is 4.05. The van der Waals surface area contributed by atoms with E-state index in [0.29, 0.717) is 12.7 Å². The maximum atomic E-state index is 10.6. The van der Waals surface area contributed by atoms with Gasteiger partial charge in [-0.3, -0.25) is 4.57 Å². The van der Waals surface area contributed by atoms with E-state index in [1.165, 1.54) is 10.9 Å². The van der Waals surface area contributed by atoms with Crippen LogP contribution in [-0.2, 0) is 4.57 Å². The van der Waals surface area contributed by atoms with Crippen molar-refractivity contribution >= 4 is 7.52 Å². The van der Waals surface area contributed by atoms with Crippen LogP contribution in [0.5, 0.6) is 0 Å². The molecule has 1 saturated heterocycles. The number of rotatable bonds is 1. The Hall–Kier alpha value is -0.270. The predicted octanol–water partition coefficient (Wildman–Crippen LogP) is 0.631. The van der Waals surface area contributed by atoms with E-state index in [0.717, 1.165) is 0 Å². The topological polar surface area (TPSA) is 40.5 Å². The average molecular weight is 133 g/mol. The maximum absolute atomic E-state index is 10.6. The summed E-state index contributed by atoms with van der Waals surface area (Å²) in [5.41, 5.74) is 0. The molecular formula is C4H8NO2P. The van der Waals surface area contributed by atoms with Gasteiger partial charge in [-0.15, -0.1) is 0 Å². The summed E-state index contributed by atoms with van der Waals surface area (Å²) >= 11 is 0. The number of hydrogen-bond donors (Lipinski definition) is 1. The van der Waals surface area contributed by atoms with Gasteiger partial charge in [-0.25, -0.2) is 0 Å². The molecule has 0 aromatic carbocycles. The standard InChI is InChI=1S/C4H8NO2P/c1-2-5-3-4-8(5,6)7/h2H,1,3-4H2,(H,6,7). The number of nitrogens with zero attached hydrogens (tertiary/aromatic N) is 1. The molecule has 0 aromatic heterocycles. The molecule has 1 rings (SSSR count). The summed E-state index contributed by atoms with van der Waals surface area (Å²) in [7, 11) is -2.86. The first-order valence-corrected chi connectivity index (χ1v) is 4.18. The van der Waals surface area contributed by atoms with Crippen LogP contribution in [-0.4, -0.2) is 22.3 Å². The quantitative estimate of drug-likeness (QED) is 0.533. The first-order chi connectivity index (χ1) is 3.67. The van der Waals surface area contributed by atoms with Crippen LogP contribution in [0.3, 0.4) is 0 Å². The molecule has 1 heterocycles. The highest BCUT2D eigenvalue weighted by Crippen LogP contribution is 2.52. The molecule has 3 nitrogen and oxygen atoms in total. The summed E-state index contributed by atoms with van der Waals surface area (Å²) < 4.78 is 12.0. The monoisotopic (exact) mass is 133 g/mol. The lowest BCUT2D eigenvalue weighted by molar-refractivity contribution is 0.366. The molecule has 0 radical (unpaired) electrons. The fraction of sp³-hybridized carbons (Fsp3) is 0.500. The lowest BCUT2D eigenvalue weighted by Gasteiger charge is -2.34. The highest BCUT2D eigenvalue weighted by molar-refractivity contribution is 7.57. The van der Waals surface area contributed by atoms with Gasteiger partial charge in [0.1, 0.15) is 0 Å². The smallest absolute Gasteiger partial charge is 0.295 e. The Morgan fingerprint density at radius 2 is 2.50 bits per heavy atom. The van der Waals surface area contributed by atoms with Gasteiger partial charge < -0.3 is 9.56 Å². The van der Waals surface area contributed by atoms with Gasteiger partial charge >= 0.3 is 0 Å². The summed E-state index contributed by atoms with van der Waals surface area (Å²) in [5, 5.41) is 0. The molecule has 1 aliphatic rings. The van der Waals surface area contributed by atoms with Crippen molar-refractivity contribution in [3.63, 3.8) is 0 Å². The Morgan fingerprint density at radius 1 is 1.88 bits per heavy atom. The molecule has 1 unspecified atom stereocenters. The molecular weight excluding hydrogens is 125 g/mol. The van der Waals surface area contributed by atoms with Crippen LogP contribution in [0.25, 0.3) is 0 Å². The summed E-state index contributed by atoms with van der Waals surface area (Å²) in [6.07, 6.45) is 1.82. The first-order valence-electron chi connectivity index (χ1n) is 2.38. The zero-order chi connectivity index (χ0) is 6.20. The minimum Gasteiger partial charge on any atom is -0.329 e. The molecule has 0 spiro atoms. The molecule has 1 atom stereocenters. The van der Waals surface area contributed by atoms with Crippen LogP contribution in [0.2, 0.25) is 0 Å². The molecule has 0 saturated carbocycles. The van der Waals surface area contributed by atoms with Crippen molar-refractivity contribution in [3.05, 3.63) is 12.8 Å². The Morgan fingerprint density at radius 3 is 2.50 bits per heavy atom. The van der Waals surface area contributed by atoms with E-state index in [2.05, 4.69) is 6.58 Å². The zero-order valence-corrected chi connectivity index (χ0v) is 5.34. The van der Waals surface area contributed by atoms with Crippen molar-refractivity contribution < 1.29 is 9.46 Å². The average Bonchev–Trinajstić information content (AvgIpc) is 1.66. The molecule has 46 valence electrons. The minimum absolute atomic E-state index is 0.416. The van der Waals surface area contributed by atoms with Crippen molar-refractivity contribution in [1.82, 2.24) is 4.67 Å². The van der Waals surface area contributed by atoms with Crippen LogP contribution in [0, 0.1) is 0 Å². The van der Waals surface area contributed by atoms with Gasteiger partial charge in [-0.1, -0.05) is 6.58 Å². The first kappa shape index (κ1) is 5.86. The molecule has 1 N–H and O–H groups in total. The molecule has 0 aliphatic carbocycles. The van der Waals surface area contributed by atoms with E-state index in [4.69, 9.17) is 4.89 Å². The lowest BCUT2D eigenvalue weighted by atomic mass is 10.7. The van der Waals surface area contributed by atoms with Gasteiger partial charge in [0.05, 0.1) is 6.16 Å². The molecule has 0 bridgehead atoms. The molecule has 0 amide bonds. The molecule has 4 heteroatoms. The van der Waals surface area contributed by atoms with E-state index in [9.17, 15) is 4.57 Å². The highest BCUT2D eigenvalue weighted by atomic mass is 31.2. The lowest BCUT2D eigenvalue weighted by Crippen LogP contribution is -2.30. The van der Waals surface area contributed by atoms with Crippen LogP contribution in [0.1, 0.15) is 0 Å². The summed E-state index contributed by atoms with van der Waals surface area (Å²) in [6, 6.07) is 0. The predicted molar refractivity (Wildman–Crippen MR) is 31.6 cm³/mol. The number of hydrogen-bond acceptors (Lipinski definition) is 1. The van der Waals surface area contributed by atoms with Crippen LogP contribution in [0.4, 0.5) is 0 Å². The van der Waals surface area contributed by atoms with Crippen molar-refractivity contribution in [3.8, 4) is 0 Å². The van der Waals surface area contributed by atoms with E-state index < -0.39 is 7.52 Å². The van der Waals surface area contributed by atoms with Gasteiger partial charge in [0, 0.05) is 12.7 Å².